The highest BCUT2D eigenvalue weighted by molar-refractivity contribution is 7.99. The molecule has 2 amide bonds. The van der Waals surface area contributed by atoms with Crippen LogP contribution in [0.15, 0.2) is 0 Å². The fourth-order valence-corrected chi connectivity index (χ4v) is 3.43. The first-order chi connectivity index (χ1) is 8.97. The van der Waals surface area contributed by atoms with E-state index in [0.717, 1.165) is 24.3 Å². The average Bonchev–Trinajstić information content (AvgIpc) is 2.77. The zero-order chi connectivity index (χ0) is 14.3. The Morgan fingerprint density at radius 2 is 2.16 bits per heavy atom. The zero-order valence-electron chi connectivity index (χ0n) is 11.6. The smallest absolute Gasteiger partial charge is 0.315 e. The van der Waals surface area contributed by atoms with Gasteiger partial charge >= 0.3 is 12.0 Å². The van der Waals surface area contributed by atoms with E-state index in [2.05, 4.69) is 24.5 Å². The fraction of sp³-hybridized carbons (Fsp3) is 0.846. The first-order valence-corrected chi connectivity index (χ1v) is 7.96. The summed E-state index contributed by atoms with van der Waals surface area (Å²) in [5, 5.41) is 14.6. The number of hydrogen-bond donors (Lipinski definition) is 3. The van der Waals surface area contributed by atoms with E-state index in [1.54, 1.807) is 0 Å². The quantitative estimate of drug-likeness (QED) is 0.669. The lowest BCUT2D eigenvalue weighted by Crippen LogP contribution is -2.44. The van der Waals surface area contributed by atoms with Gasteiger partial charge in [-0.15, -0.1) is 0 Å². The average molecular weight is 288 g/mol. The maximum absolute atomic E-state index is 11.7. The SMILES string of the molecule is CC(C)C[C@H](CNC(=O)NC1CCSC1)CC(=O)O. The fourth-order valence-electron chi connectivity index (χ4n) is 2.27. The van der Waals surface area contributed by atoms with Crippen molar-refractivity contribution in [1.82, 2.24) is 10.6 Å². The van der Waals surface area contributed by atoms with Crippen molar-refractivity contribution < 1.29 is 14.7 Å². The third-order valence-electron chi connectivity index (χ3n) is 3.08. The van der Waals surface area contributed by atoms with Crippen molar-refractivity contribution in [3.8, 4) is 0 Å². The van der Waals surface area contributed by atoms with Crippen LogP contribution in [0.2, 0.25) is 0 Å². The number of nitrogens with one attached hydrogen (secondary N) is 2. The number of carboxylic acids is 1. The van der Waals surface area contributed by atoms with Crippen LogP contribution in [0, 0.1) is 11.8 Å². The summed E-state index contributed by atoms with van der Waals surface area (Å²) in [6.45, 7) is 4.55. The lowest BCUT2D eigenvalue weighted by atomic mass is 9.94. The Morgan fingerprint density at radius 3 is 2.68 bits per heavy atom. The second-order valence-corrected chi connectivity index (χ2v) is 6.66. The molecule has 1 unspecified atom stereocenters. The van der Waals surface area contributed by atoms with Gasteiger partial charge < -0.3 is 15.7 Å². The molecule has 5 nitrogen and oxygen atoms in total. The molecule has 2 atom stereocenters. The summed E-state index contributed by atoms with van der Waals surface area (Å²) in [6, 6.07) is 0.0830. The van der Waals surface area contributed by atoms with E-state index in [4.69, 9.17) is 5.11 Å². The molecule has 3 N–H and O–H groups in total. The van der Waals surface area contributed by atoms with Crippen molar-refractivity contribution in [1.29, 1.82) is 0 Å². The topological polar surface area (TPSA) is 78.4 Å². The molecule has 0 bridgehead atoms. The van der Waals surface area contributed by atoms with Crippen molar-refractivity contribution in [3.05, 3.63) is 0 Å². The van der Waals surface area contributed by atoms with E-state index in [1.807, 2.05) is 11.8 Å². The van der Waals surface area contributed by atoms with Gasteiger partial charge in [0.15, 0.2) is 0 Å². The second-order valence-electron chi connectivity index (χ2n) is 5.51. The van der Waals surface area contributed by atoms with Gasteiger partial charge in [-0.2, -0.15) is 11.8 Å². The molecular formula is C13H24N2O3S. The van der Waals surface area contributed by atoms with E-state index >= 15 is 0 Å². The van der Waals surface area contributed by atoms with E-state index in [9.17, 15) is 9.59 Å². The van der Waals surface area contributed by atoms with Gasteiger partial charge in [0.25, 0.3) is 0 Å². The highest BCUT2D eigenvalue weighted by Crippen LogP contribution is 2.17. The molecule has 0 spiro atoms. The number of thioether (sulfide) groups is 1. The third-order valence-corrected chi connectivity index (χ3v) is 4.25. The molecule has 0 radical (unpaired) electrons. The van der Waals surface area contributed by atoms with Crippen LogP contribution in [0.3, 0.4) is 0 Å². The number of aliphatic carboxylic acids is 1. The Bertz CT molecular complexity index is 304. The molecule has 1 aliphatic rings. The monoisotopic (exact) mass is 288 g/mol. The molecule has 1 saturated heterocycles. The number of carbonyl (C=O) groups is 2. The highest BCUT2D eigenvalue weighted by Gasteiger charge is 2.19. The highest BCUT2D eigenvalue weighted by atomic mass is 32.2. The summed E-state index contributed by atoms with van der Waals surface area (Å²) in [5.41, 5.74) is 0. The lowest BCUT2D eigenvalue weighted by molar-refractivity contribution is -0.138. The van der Waals surface area contributed by atoms with Crippen molar-refractivity contribution in [2.45, 2.75) is 39.2 Å². The predicted octanol–water partition coefficient (Wildman–Crippen LogP) is 1.93. The van der Waals surface area contributed by atoms with Gasteiger partial charge in [0, 0.05) is 24.8 Å². The summed E-state index contributed by atoms with van der Waals surface area (Å²) in [4.78, 5) is 22.5. The van der Waals surface area contributed by atoms with Gasteiger partial charge in [0.05, 0.1) is 0 Å². The summed E-state index contributed by atoms with van der Waals surface area (Å²) in [6.07, 6.45) is 1.94. The minimum atomic E-state index is -0.806. The number of carbonyl (C=O) groups excluding carboxylic acids is 1. The van der Waals surface area contributed by atoms with Gasteiger partial charge in [-0.1, -0.05) is 13.8 Å². The molecule has 0 aliphatic carbocycles. The van der Waals surface area contributed by atoms with Gasteiger partial charge in [0.2, 0.25) is 0 Å². The number of carboxylic acid groups (broad SMARTS) is 1. The number of rotatable bonds is 7. The second kappa shape index (κ2) is 8.30. The molecule has 0 aromatic carbocycles. The zero-order valence-corrected chi connectivity index (χ0v) is 12.5. The van der Waals surface area contributed by atoms with E-state index in [0.29, 0.717) is 12.5 Å². The maximum Gasteiger partial charge on any atom is 0.315 e. The van der Waals surface area contributed by atoms with E-state index in [1.165, 1.54) is 0 Å². The molecule has 110 valence electrons. The maximum atomic E-state index is 11.7. The first kappa shape index (κ1) is 16.1. The Balaban J connectivity index is 2.28. The van der Waals surface area contributed by atoms with Crippen LogP contribution in [-0.2, 0) is 4.79 Å². The van der Waals surface area contributed by atoms with Gasteiger partial charge in [0.1, 0.15) is 0 Å². The molecule has 1 aliphatic heterocycles. The molecule has 6 heteroatoms. The molecule has 1 fully saturated rings. The van der Waals surface area contributed by atoms with Crippen LogP contribution in [0.25, 0.3) is 0 Å². The minimum Gasteiger partial charge on any atom is -0.481 e. The standard InChI is InChI=1S/C13H24N2O3S/c1-9(2)5-10(6-12(16)17)7-14-13(18)15-11-3-4-19-8-11/h9-11H,3-8H2,1-2H3,(H,16,17)(H2,14,15,18)/t10-,11?/m0/s1. The molecule has 0 saturated carbocycles. The minimum absolute atomic E-state index is 0.00111. The molecule has 0 aromatic heterocycles. The largest absolute Gasteiger partial charge is 0.481 e. The number of hydrogen-bond acceptors (Lipinski definition) is 3. The van der Waals surface area contributed by atoms with E-state index in [-0.39, 0.29) is 24.4 Å². The Kier molecular flexibility index (Phi) is 7.05. The van der Waals surface area contributed by atoms with Crippen LogP contribution >= 0.6 is 11.8 Å². The van der Waals surface area contributed by atoms with Crippen LogP contribution in [0.4, 0.5) is 4.79 Å². The number of amides is 2. The summed E-state index contributed by atoms with van der Waals surface area (Å²) in [5.74, 6) is 1.69. The Morgan fingerprint density at radius 1 is 1.42 bits per heavy atom. The van der Waals surface area contributed by atoms with Crippen molar-refractivity contribution in [2.24, 2.45) is 11.8 Å². The van der Waals surface area contributed by atoms with Crippen molar-refractivity contribution in [2.75, 3.05) is 18.1 Å². The van der Waals surface area contributed by atoms with E-state index < -0.39 is 5.97 Å². The van der Waals surface area contributed by atoms with Gasteiger partial charge in [-0.3, -0.25) is 4.79 Å². The Labute approximate surface area is 118 Å². The summed E-state index contributed by atoms with van der Waals surface area (Å²) >= 11 is 1.85. The summed E-state index contributed by atoms with van der Waals surface area (Å²) < 4.78 is 0. The number of urea groups is 1. The third kappa shape index (κ3) is 7.30. The normalized spacial score (nSPS) is 20.3. The van der Waals surface area contributed by atoms with Crippen molar-refractivity contribution in [3.63, 3.8) is 0 Å². The molecule has 19 heavy (non-hydrogen) atoms. The molecule has 1 heterocycles. The molecule has 0 aromatic rings. The lowest BCUT2D eigenvalue weighted by Gasteiger charge is -2.19. The van der Waals surface area contributed by atoms with Crippen LogP contribution in [-0.4, -0.2) is 41.2 Å². The molecule has 1 rings (SSSR count). The van der Waals surface area contributed by atoms with Crippen molar-refractivity contribution >= 4 is 23.8 Å². The van der Waals surface area contributed by atoms with Crippen LogP contribution in [0.5, 0.6) is 0 Å². The Hall–Kier alpha value is -0.910. The van der Waals surface area contributed by atoms with Gasteiger partial charge in [-0.05, 0) is 30.4 Å². The van der Waals surface area contributed by atoms with Gasteiger partial charge in [-0.25, -0.2) is 4.79 Å². The van der Waals surface area contributed by atoms with Crippen LogP contribution < -0.4 is 10.6 Å². The molecular weight excluding hydrogens is 264 g/mol. The predicted molar refractivity (Wildman–Crippen MR) is 77.5 cm³/mol. The first-order valence-electron chi connectivity index (χ1n) is 6.81. The summed E-state index contributed by atoms with van der Waals surface area (Å²) in [7, 11) is 0. The van der Waals surface area contributed by atoms with Crippen LogP contribution in [0.1, 0.15) is 33.1 Å².